The average Bonchev–Trinajstić information content (AvgIpc) is 2.36. The highest BCUT2D eigenvalue weighted by Gasteiger charge is 2.18. The number of benzene rings is 2. The van der Waals surface area contributed by atoms with E-state index in [9.17, 15) is 17.6 Å². The van der Waals surface area contributed by atoms with E-state index in [-0.39, 0.29) is 21.5 Å². The first-order chi connectivity index (χ1) is 10.3. The smallest absolute Gasteiger partial charge is 0.307 e. The zero-order valence-electron chi connectivity index (χ0n) is 11.1. The molecule has 5 nitrogen and oxygen atoms in total. The standard InChI is InChI=1S/C14H11BrFNO4S/c15-12-8-10(16)4-5-13(12)22(20,21)17-11-3-1-2-9(6-11)7-14(18)19/h1-6,8,17H,7H2,(H,18,19). The number of nitrogens with one attached hydrogen (secondary N) is 1. The Kier molecular flexibility index (Phi) is 4.82. The molecule has 0 aliphatic rings. The highest BCUT2D eigenvalue weighted by Crippen LogP contribution is 2.25. The second-order valence-electron chi connectivity index (χ2n) is 4.45. The minimum absolute atomic E-state index is 0.0988. The molecule has 0 amide bonds. The average molecular weight is 388 g/mol. The molecule has 0 saturated carbocycles. The minimum atomic E-state index is -3.92. The van der Waals surface area contributed by atoms with Crippen LogP contribution in [0.15, 0.2) is 51.8 Å². The van der Waals surface area contributed by atoms with Crippen molar-refractivity contribution < 1.29 is 22.7 Å². The molecule has 2 N–H and O–H groups in total. The van der Waals surface area contributed by atoms with Gasteiger partial charge in [-0.25, -0.2) is 12.8 Å². The lowest BCUT2D eigenvalue weighted by Gasteiger charge is -2.10. The number of carboxylic acid groups (broad SMARTS) is 1. The molecule has 0 unspecified atom stereocenters. The van der Waals surface area contributed by atoms with E-state index in [1.54, 1.807) is 12.1 Å². The highest BCUT2D eigenvalue weighted by atomic mass is 79.9. The van der Waals surface area contributed by atoms with Gasteiger partial charge in [0.2, 0.25) is 0 Å². The molecule has 2 aromatic carbocycles. The predicted molar refractivity (Wildman–Crippen MR) is 82.7 cm³/mol. The molecule has 0 aromatic heterocycles. The van der Waals surface area contributed by atoms with Gasteiger partial charge in [-0.3, -0.25) is 9.52 Å². The molecule has 0 saturated heterocycles. The molecule has 0 fully saturated rings. The topological polar surface area (TPSA) is 83.5 Å². The van der Waals surface area contributed by atoms with Crippen LogP contribution in [0.25, 0.3) is 0 Å². The summed E-state index contributed by atoms with van der Waals surface area (Å²) in [5.41, 5.74) is 0.695. The van der Waals surface area contributed by atoms with Crippen molar-refractivity contribution in [3.63, 3.8) is 0 Å². The van der Waals surface area contributed by atoms with Gasteiger partial charge in [0, 0.05) is 10.2 Å². The first-order valence-corrected chi connectivity index (χ1v) is 8.34. The van der Waals surface area contributed by atoms with E-state index < -0.39 is 21.8 Å². The number of halogens is 2. The van der Waals surface area contributed by atoms with Crippen LogP contribution in [0.1, 0.15) is 5.56 Å². The summed E-state index contributed by atoms with van der Waals surface area (Å²) in [6.07, 6.45) is -0.212. The monoisotopic (exact) mass is 387 g/mol. The number of anilines is 1. The van der Waals surface area contributed by atoms with Gasteiger partial charge in [0.1, 0.15) is 10.7 Å². The van der Waals surface area contributed by atoms with E-state index in [1.807, 2.05) is 0 Å². The van der Waals surface area contributed by atoms with Crippen LogP contribution in [0.2, 0.25) is 0 Å². The fourth-order valence-corrected chi connectivity index (χ4v) is 3.92. The second-order valence-corrected chi connectivity index (χ2v) is 6.96. The van der Waals surface area contributed by atoms with Crippen molar-refractivity contribution in [2.24, 2.45) is 0 Å². The molecule has 0 bridgehead atoms. The van der Waals surface area contributed by atoms with Crippen LogP contribution in [-0.2, 0) is 21.2 Å². The summed E-state index contributed by atoms with van der Waals surface area (Å²) in [6, 6.07) is 9.30. The summed E-state index contributed by atoms with van der Waals surface area (Å²) >= 11 is 3.01. The van der Waals surface area contributed by atoms with Gasteiger partial charge in [0.05, 0.1) is 6.42 Å². The van der Waals surface area contributed by atoms with Crippen molar-refractivity contribution in [1.29, 1.82) is 0 Å². The first-order valence-electron chi connectivity index (χ1n) is 6.06. The third-order valence-corrected chi connectivity index (χ3v) is 5.08. The molecule has 2 rings (SSSR count). The molecule has 116 valence electrons. The van der Waals surface area contributed by atoms with Crippen molar-refractivity contribution in [2.75, 3.05) is 4.72 Å². The first kappa shape index (κ1) is 16.4. The Hall–Kier alpha value is -1.93. The van der Waals surface area contributed by atoms with Gasteiger partial charge in [0.15, 0.2) is 0 Å². The van der Waals surface area contributed by atoms with Crippen molar-refractivity contribution in [3.8, 4) is 0 Å². The molecular weight excluding hydrogens is 377 g/mol. The molecule has 2 aromatic rings. The third-order valence-electron chi connectivity index (χ3n) is 2.72. The number of rotatable bonds is 5. The Morgan fingerprint density at radius 3 is 2.59 bits per heavy atom. The lowest BCUT2D eigenvalue weighted by molar-refractivity contribution is -0.136. The maximum absolute atomic E-state index is 13.0. The van der Waals surface area contributed by atoms with E-state index in [1.165, 1.54) is 12.1 Å². The maximum Gasteiger partial charge on any atom is 0.307 e. The molecule has 0 spiro atoms. The largest absolute Gasteiger partial charge is 0.481 e. The summed E-state index contributed by atoms with van der Waals surface area (Å²) in [6.45, 7) is 0. The number of hydrogen-bond donors (Lipinski definition) is 2. The van der Waals surface area contributed by atoms with Crippen LogP contribution in [0.5, 0.6) is 0 Å². The molecule has 0 heterocycles. The van der Waals surface area contributed by atoms with Gasteiger partial charge in [0.25, 0.3) is 10.0 Å². The van der Waals surface area contributed by atoms with E-state index in [4.69, 9.17) is 5.11 Å². The van der Waals surface area contributed by atoms with Crippen LogP contribution in [0.4, 0.5) is 10.1 Å². The third kappa shape index (κ3) is 4.05. The SMILES string of the molecule is O=C(O)Cc1cccc(NS(=O)(=O)c2ccc(F)cc2Br)c1. The van der Waals surface area contributed by atoms with Crippen LogP contribution in [0.3, 0.4) is 0 Å². The van der Waals surface area contributed by atoms with Crippen molar-refractivity contribution >= 4 is 37.6 Å². The Balaban J connectivity index is 2.30. The molecule has 0 atom stereocenters. The van der Waals surface area contributed by atoms with Crippen LogP contribution >= 0.6 is 15.9 Å². The maximum atomic E-state index is 13.0. The van der Waals surface area contributed by atoms with Crippen LogP contribution in [0, 0.1) is 5.82 Å². The zero-order valence-corrected chi connectivity index (χ0v) is 13.5. The Morgan fingerprint density at radius 1 is 1.23 bits per heavy atom. The zero-order chi connectivity index (χ0) is 16.3. The predicted octanol–water partition coefficient (Wildman–Crippen LogP) is 3.02. The van der Waals surface area contributed by atoms with E-state index in [0.717, 1.165) is 18.2 Å². The summed E-state index contributed by atoms with van der Waals surface area (Å²) in [5.74, 6) is -1.57. The fraction of sp³-hybridized carbons (Fsp3) is 0.0714. The lowest BCUT2D eigenvalue weighted by atomic mass is 10.1. The number of carboxylic acids is 1. The van der Waals surface area contributed by atoms with Gasteiger partial charge in [-0.1, -0.05) is 12.1 Å². The van der Waals surface area contributed by atoms with E-state index in [0.29, 0.717) is 5.56 Å². The summed E-state index contributed by atoms with van der Waals surface area (Å²) in [7, 11) is -3.92. The normalized spacial score (nSPS) is 11.2. The Morgan fingerprint density at radius 2 is 1.95 bits per heavy atom. The summed E-state index contributed by atoms with van der Waals surface area (Å²) < 4.78 is 40.0. The van der Waals surface area contributed by atoms with E-state index in [2.05, 4.69) is 20.7 Å². The fourth-order valence-electron chi connectivity index (χ4n) is 1.82. The number of sulfonamides is 1. The molecule has 0 aliphatic carbocycles. The van der Waals surface area contributed by atoms with Crippen LogP contribution < -0.4 is 4.72 Å². The van der Waals surface area contributed by atoms with Crippen molar-refractivity contribution in [2.45, 2.75) is 11.3 Å². The minimum Gasteiger partial charge on any atom is -0.481 e. The molecule has 8 heteroatoms. The lowest BCUT2D eigenvalue weighted by Crippen LogP contribution is -2.14. The Labute approximate surface area is 135 Å². The number of carbonyl (C=O) groups is 1. The van der Waals surface area contributed by atoms with Gasteiger partial charge >= 0.3 is 5.97 Å². The molecule has 0 aliphatic heterocycles. The van der Waals surface area contributed by atoms with Crippen molar-refractivity contribution in [1.82, 2.24) is 0 Å². The summed E-state index contributed by atoms with van der Waals surface area (Å²) in [5, 5.41) is 8.75. The highest BCUT2D eigenvalue weighted by molar-refractivity contribution is 9.10. The van der Waals surface area contributed by atoms with Gasteiger partial charge in [-0.15, -0.1) is 0 Å². The second kappa shape index (κ2) is 6.45. The van der Waals surface area contributed by atoms with Crippen molar-refractivity contribution in [3.05, 3.63) is 58.3 Å². The number of hydrogen-bond acceptors (Lipinski definition) is 3. The van der Waals surface area contributed by atoms with Gasteiger partial charge in [-0.2, -0.15) is 0 Å². The number of aliphatic carboxylic acids is 1. The Bertz CT molecular complexity index is 823. The van der Waals surface area contributed by atoms with Gasteiger partial charge < -0.3 is 5.11 Å². The van der Waals surface area contributed by atoms with Gasteiger partial charge in [-0.05, 0) is 51.8 Å². The van der Waals surface area contributed by atoms with E-state index >= 15 is 0 Å². The molecule has 22 heavy (non-hydrogen) atoms. The van der Waals surface area contributed by atoms with Crippen LogP contribution in [-0.4, -0.2) is 19.5 Å². The quantitative estimate of drug-likeness (QED) is 0.825. The molecular formula is C14H11BrFNO4S. The summed E-state index contributed by atoms with van der Waals surface area (Å²) in [4.78, 5) is 10.6. The molecule has 0 radical (unpaired) electrons.